The number of aromatic nitrogens is 3. The van der Waals surface area contributed by atoms with E-state index in [4.69, 9.17) is 0 Å². The van der Waals surface area contributed by atoms with Crippen molar-refractivity contribution in [1.82, 2.24) is 25.4 Å². The third kappa shape index (κ3) is 2.85. The van der Waals surface area contributed by atoms with Gasteiger partial charge in [-0.1, -0.05) is 6.07 Å². The first-order valence-electron chi connectivity index (χ1n) is 6.69. The molecule has 8 nitrogen and oxygen atoms in total. The number of rotatable bonds is 4. The highest BCUT2D eigenvalue weighted by molar-refractivity contribution is 6.07. The quantitative estimate of drug-likeness (QED) is 0.845. The lowest BCUT2D eigenvalue weighted by molar-refractivity contribution is -0.121. The SMILES string of the molecule is Cn1cc(-c2ncccc2CNC(=O)C2C=NC(=O)N2)cn1. The average molecular weight is 298 g/mol. The van der Waals surface area contributed by atoms with E-state index in [9.17, 15) is 9.59 Å². The maximum atomic E-state index is 12.0. The average Bonchev–Trinajstić information content (AvgIpc) is 3.14. The van der Waals surface area contributed by atoms with Gasteiger partial charge in [-0.15, -0.1) is 0 Å². The first-order chi connectivity index (χ1) is 10.6. The van der Waals surface area contributed by atoms with Gasteiger partial charge in [0.1, 0.15) is 6.04 Å². The maximum absolute atomic E-state index is 12.0. The Hall–Kier alpha value is -3.03. The number of nitrogens with zero attached hydrogens (tertiary/aromatic N) is 4. The van der Waals surface area contributed by atoms with Crippen LogP contribution in [0.4, 0.5) is 4.79 Å². The van der Waals surface area contributed by atoms with Crippen LogP contribution in [0.25, 0.3) is 11.3 Å². The summed E-state index contributed by atoms with van der Waals surface area (Å²) < 4.78 is 1.69. The molecule has 3 rings (SSSR count). The van der Waals surface area contributed by atoms with Crippen LogP contribution in [-0.2, 0) is 18.4 Å². The highest BCUT2D eigenvalue weighted by atomic mass is 16.2. The van der Waals surface area contributed by atoms with Gasteiger partial charge >= 0.3 is 6.03 Å². The first-order valence-corrected chi connectivity index (χ1v) is 6.69. The Bertz CT molecular complexity index is 751. The van der Waals surface area contributed by atoms with E-state index in [0.717, 1.165) is 16.8 Å². The zero-order chi connectivity index (χ0) is 15.5. The van der Waals surface area contributed by atoms with E-state index in [1.807, 2.05) is 19.3 Å². The number of amides is 3. The summed E-state index contributed by atoms with van der Waals surface area (Å²) in [4.78, 5) is 30.8. The van der Waals surface area contributed by atoms with Crippen LogP contribution in [0.5, 0.6) is 0 Å². The molecule has 1 aliphatic heterocycles. The van der Waals surface area contributed by atoms with Gasteiger partial charge in [-0.3, -0.25) is 14.5 Å². The third-order valence-electron chi connectivity index (χ3n) is 3.22. The van der Waals surface area contributed by atoms with Crippen molar-refractivity contribution < 1.29 is 9.59 Å². The molecule has 0 spiro atoms. The van der Waals surface area contributed by atoms with Crippen LogP contribution in [0.15, 0.2) is 35.7 Å². The van der Waals surface area contributed by atoms with Crippen LogP contribution in [0.3, 0.4) is 0 Å². The highest BCUT2D eigenvalue weighted by Gasteiger charge is 2.23. The molecule has 0 aromatic carbocycles. The van der Waals surface area contributed by atoms with Gasteiger partial charge < -0.3 is 10.6 Å². The van der Waals surface area contributed by atoms with Gasteiger partial charge in [0.2, 0.25) is 5.91 Å². The molecule has 3 amide bonds. The minimum absolute atomic E-state index is 0.303. The lowest BCUT2D eigenvalue weighted by Gasteiger charge is -2.11. The maximum Gasteiger partial charge on any atom is 0.341 e. The van der Waals surface area contributed by atoms with Crippen molar-refractivity contribution >= 4 is 18.2 Å². The van der Waals surface area contributed by atoms with E-state index in [-0.39, 0.29) is 5.91 Å². The standard InChI is InChI=1S/C14H14N6O2/c1-20-8-10(6-18-20)12-9(3-2-4-15-12)5-16-13(21)11-7-17-14(22)19-11/h2-4,6-8,11H,5H2,1H3,(H,16,21)(H,19,22). The van der Waals surface area contributed by atoms with Crippen LogP contribution < -0.4 is 10.6 Å². The summed E-state index contributed by atoms with van der Waals surface area (Å²) in [5, 5.41) is 9.33. The van der Waals surface area contributed by atoms with Crippen molar-refractivity contribution in [1.29, 1.82) is 0 Å². The van der Waals surface area contributed by atoms with Gasteiger partial charge in [0, 0.05) is 37.8 Å². The summed E-state index contributed by atoms with van der Waals surface area (Å²) in [5.41, 5.74) is 2.51. The molecule has 0 saturated carbocycles. The van der Waals surface area contributed by atoms with E-state index >= 15 is 0 Å². The third-order valence-corrected chi connectivity index (χ3v) is 3.22. The Morgan fingerprint density at radius 3 is 3.05 bits per heavy atom. The smallest absolute Gasteiger partial charge is 0.341 e. The second kappa shape index (κ2) is 5.76. The molecule has 1 aliphatic rings. The molecule has 2 aromatic heterocycles. The molecule has 112 valence electrons. The Kier molecular flexibility index (Phi) is 3.65. The molecule has 3 heterocycles. The van der Waals surface area contributed by atoms with E-state index in [1.165, 1.54) is 6.21 Å². The van der Waals surface area contributed by atoms with Gasteiger partial charge in [0.15, 0.2) is 0 Å². The van der Waals surface area contributed by atoms with Crippen LogP contribution >= 0.6 is 0 Å². The van der Waals surface area contributed by atoms with Crippen molar-refractivity contribution in [2.45, 2.75) is 12.6 Å². The lowest BCUT2D eigenvalue weighted by Crippen LogP contribution is -2.43. The monoisotopic (exact) mass is 298 g/mol. The van der Waals surface area contributed by atoms with Crippen molar-refractivity contribution in [3.8, 4) is 11.3 Å². The molecule has 8 heteroatoms. The van der Waals surface area contributed by atoms with Gasteiger partial charge in [-0.2, -0.15) is 5.10 Å². The Morgan fingerprint density at radius 1 is 1.50 bits per heavy atom. The molecule has 2 aromatic rings. The topological polar surface area (TPSA) is 101 Å². The van der Waals surface area contributed by atoms with E-state index in [2.05, 4.69) is 25.7 Å². The second-order valence-corrected chi connectivity index (χ2v) is 4.84. The number of urea groups is 1. The number of carbonyl (C=O) groups is 2. The summed E-state index contributed by atoms with van der Waals surface area (Å²) in [6, 6.07) is 2.47. The lowest BCUT2D eigenvalue weighted by atomic mass is 10.1. The number of aryl methyl sites for hydroxylation is 1. The fourth-order valence-corrected chi connectivity index (χ4v) is 2.16. The summed E-state index contributed by atoms with van der Waals surface area (Å²) in [6.45, 7) is 0.303. The van der Waals surface area contributed by atoms with Gasteiger partial charge in [0.05, 0.1) is 11.9 Å². The minimum atomic E-state index is -0.717. The van der Waals surface area contributed by atoms with Crippen molar-refractivity contribution in [3.05, 3.63) is 36.3 Å². The number of pyridine rings is 1. The summed E-state index contributed by atoms with van der Waals surface area (Å²) in [5.74, 6) is -0.310. The zero-order valence-electron chi connectivity index (χ0n) is 11.9. The Morgan fingerprint density at radius 2 is 2.36 bits per heavy atom. The molecular formula is C14H14N6O2. The van der Waals surface area contributed by atoms with E-state index in [0.29, 0.717) is 6.54 Å². The molecule has 0 aliphatic carbocycles. The molecule has 1 unspecified atom stereocenters. The number of hydrogen-bond acceptors (Lipinski definition) is 4. The van der Waals surface area contributed by atoms with Gasteiger partial charge in [-0.05, 0) is 11.6 Å². The Balaban J connectivity index is 1.72. The predicted octanol–water partition coefficient (Wildman–Crippen LogP) is 0.261. The molecule has 0 bridgehead atoms. The predicted molar refractivity (Wildman–Crippen MR) is 79.1 cm³/mol. The Labute approximate surface area is 126 Å². The van der Waals surface area contributed by atoms with Crippen LogP contribution in [-0.4, -0.2) is 39.0 Å². The van der Waals surface area contributed by atoms with Crippen LogP contribution in [0.1, 0.15) is 5.56 Å². The number of carbonyl (C=O) groups excluding carboxylic acids is 2. The summed E-state index contributed by atoms with van der Waals surface area (Å²) >= 11 is 0. The summed E-state index contributed by atoms with van der Waals surface area (Å²) in [7, 11) is 1.83. The van der Waals surface area contributed by atoms with E-state index < -0.39 is 12.1 Å². The molecule has 1 atom stereocenters. The number of nitrogens with one attached hydrogen (secondary N) is 2. The second-order valence-electron chi connectivity index (χ2n) is 4.84. The number of hydrogen-bond donors (Lipinski definition) is 2. The fourth-order valence-electron chi connectivity index (χ4n) is 2.16. The summed E-state index contributed by atoms with van der Waals surface area (Å²) in [6.07, 6.45) is 6.56. The van der Waals surface area contributed by atoms with Crippen LogP contribution in [0.2, 0.25) is 0 Å². The molecule has 0 saturated heterocycles. The van der Waals surface area contributed by atoms with Crippen molar-refractivity contribution in [3.63, 3.8) is 0 Å². The molecular weight excluding hydrogens is 284 g/mol. The first kappa shape index (κ1) is 13.9. The zero-order valence-corrected chi connectivity index (χ0v) is 11.9. The fraction of sp³-hybridized carbons (Fsp3) is 0.214. The highest BCUT2D eigenvalue weighted by Crippen LogP contribution is 2.20. The minimum Gasteiger partial charge on any atom is -0.350 e. The molecule has 2 N–H and O–H groups in total. The normalized spacial score (nSPS) is 16.6. The van der Waals surface area contributed by atoms with Gasteiger partial charge in [-0.25, -0.2) is 9.79 Å². The number of aliphatic imine (C=N–C) groups is 1. The molecule has 0 radical (unpaired) electrons. The van der Waals surface area contributed by atoms with Crippen molar-refractivity contribution in [2.75, 3.05) is 0 Å². The largest absolute Gasteiger partial charge is 0.350 e. The van der Waals surface area contributed by atoms with Crippen molar-refractivity contribution in [2.24, 2.45) is 12.0 Å². The molecule has 22 heavy (non-hydrogen) atoms. The van der Waals surface area contributed by atoms with E-state index in [1.54, 1.807) is 23.1 Å². The van der Waals surface area contributed by atoms with Crippen LogP contribution in [0, 0.1) is 0 Å². The van der Waals surface area contributed by atoms with Gasteiger partial charge in [0.25, 0.3) is 0 Å². The molecule has 0 fully saturated rings.